The van der Waals surface area contributed by atoms with Crippen molar-refractivity contribution >= 4 is 33.5 Å². The molecule has 0 aromatic heterocycles. The first-order chi connectivity index (χ1) is 18.7. The lowest BCUT2D eigenvalue weighted by molar-refractivity contribution is -0.715. The summed E-state index contributed by atoms with van der Waals surface area (Å²) in [5.41, 5.74) is 10.2. The van der Waals surface area contributed by atoms with E-state index in [1.165, 1.54) is 60.9 Å². The molecule has 38 heavy (non-hydrogen) atoms. The molecule has 2 aliphatic carbocycles. The van der Waals surface area contributed by atoms with Crippen LogP contribution in [0.1, 0.15) is 36.8 Å². The van der Waals surface area contributed by atoms with Crippen LogP contribution in [-0.2, 0) is 0 Å². The summed E-state index contributed by atoms with van der Waals surface area (Å²) in [5, 5.41) is 2.55. The maximum atomic E-state index is 2.43. The summed E-state index contributed by atoms with van der Waals surface area (Å²) in [4.78, 5) is 3.78. The van der Waals surface area contributed by atoms with Crippen LogP contribution in [0.15, 0.2) is 133 Å². The Morgan fingerprint density at radius 2 is 1.53 bits per heavy atom. The zero-order chi connectivity index (χ0) is 25.9. The second-order valence-corrected chi connectivity index (χ2v) is 10.4. The van der Waals surface area contributed by atoms with Gasteiger partial charge in [-0.25, -0.2) is 4.90 Å². The molecule has 2 nitrogen and oxygen atoms in total. The molecule has 1 N–H and O–H groups in total. The number of hydrogen-bond donors (Lipinski definition) is 1. The van der Waals surface area contributed by atoms with Crippen LogP contribution < -0.4 is 9.80 Å². The van der Waals surface area contributed by atoms with Gasteiger partial charge in [-0.15, -0.1) is 0 Å². The molecule has 4 aromatic rings. The van der Waals surface area contributed by atoms with Gasteiger partial charge in [-0.3, -0.25) is 0 Å². The van der Waals surface area contributed by atoms with Gasteiger partial charge in [0.1, 0.15) is 17.1 Å². The van der Waals surface area contributed by atoms with Crippen LogP contribution in [0.5, 0.6) is 0 Å². The number of hydrogen-bond acceptors (Lipinski definition) is 1. The maximum absolute atomic E-state index is 2.43. The van der Waals surface area contributed by atoms with E-state index < -0.39 is 0 Å². The Morgan fingerprint density at radius 3 is 2.26 bits per heavy atom. The van der Waals surface area contributed by atoms with Crippen molar-refractivity contribution < 1.29 is 4.90 Å². The molecule has 1 unspecified atom stereocenters. The molecule has 0 aliphatic heterocycles. The number of nitrogens with one attached hydrogen (secondary N) is 1. The molecule has 0 bridgehead atoms. The fourth-order valence-electron chi connectivity index (χ4n) is 5.78. The fourth-order valence-corrected chi connectivity index (χ4v) is 5.78. The van der Waals surface area contributed by atoms with E-state index in [-0.39, 0.29) is 0 Å². The summed E-state index contributed by atoms with van der Waals surface area (Å²) in [6, 6.07) is 31.4. The van der Waals surface area contributed by atoms with Gasteiger partial charge in [0.2, 0.25) is 0 Å². The maximum Gasteiger partial charge on any atom is 0.149 e. The molecule has 6 rings (SSSR count). The average molecular weight is 496 g/mol. The van der Waals surface area contributed by atoms with Crippen LogP contribution in [0.4, 0.5) is 22.7 Å². The quantitative estimate of drug-likeness (QED) is 0.281. The van der Waals surface area contributed by atoms with E-state index in [1.54, 1.807) is 0 Å². The van der Waals surface area contributed by atoms with E-state index in [2.05, 4.69) is 140 Å². The monoisotopic (exact) mass is 495 g/mol. The highest BCUT2D eigenvalue weighted by Crippen LogP contribution is 2.39. The number of fused-ring (bicyclic) bond motifs is 1. The van der Waals surface area contributed by atoms with E-state index in [0.29, 0.717) is 0 Å². The lowest BCUT2D eigenvalue weighted by atomic mass is 10.0. The number of nitrogens with zero attached hydrogens (tertiary/aromatic N) is 1. The molecular formula is C36H35N2+. The normalized spacial score (nSPS) is 15.7. The highest BCUT2D eigenvalue weighted by Gasteiger charge is 2.26. The minimum Gasteiger partial charge on any atom is -0.310 e. The highest BCUT2D eigenvalue weighted by atomic mass is 15.2. The minimum atomic E-state index is 1.06. The third-order valence-corrected chi connectivity index (χ3v) is 7.55. The van der Waals surface area contributed by atoms with Crippen molar-refractivity contribution in [3.05, 3.63) is 144 Å². The topological polar surface area (TPSA) is 7.68 Å². The summed E-state index contributed by atoms with van der Waals surface area (Å²) in [5.74, 6) is 0. The summed E-state index contributed by atoms with van der Waals surface area (Å²) < 4.78 is 0. The van der Waals surface area contributed by atoms with E-state index >= 15 is 0 Å². The third-order valence-electron chi connectivity index (χ3n) is 7.55. The molecule has 0 saturated carbocycles. The van der Waals surface area contributed by atoms with Gasteiger partial charge >= 0.3 is 0 Å². The summed E-state index contributed by atoms with van der Waals surface area (Å²) >= 11 is 0. The Labute approximate surface area is 226 Å². The van der Waals surface area contributed by atoms with E-state index in [4.69, 9.17) is 0 Å². The second-order valence-electron chi connectivity index (χ2n) is 10.4. The minimum absolute atomic E-state index is 1.06. The molecule has 0 heterocycles. The molecule has 0 amide bonds. The first-order valence-corrected chi connectivity index (χ1v) is 13.7. The van der Waals surface area contributed by atoms with Gasteiger partial charge in [-0.05, 0) is 86.7 Å². The summed E-state index contributed by atoms with van der Waals surface area (Å²) in [7, 11) is 0. The fraction of sp³-hybridized carbons (Fsp3) is 0.167. The molecule has 0 spiro atoms. The molecule has 0 radical (unpaired) electrons. The molecule has 188 valence electrons. The Bertz CT molecular complexity index is 1600. The predicted octanol–water partition coefficient (Wildman–Crippen LogP) is 8.91. The Kier molecular flexibility index (Phi) is 6.81. The summed E-state index contributed by atoms with van der Waals surface area (Å²) in [6.45, 7) is 4.35. The molecule has 1 atom stereocenters. The van der Waals surface area contributed by atoms with Crippen LogP contribution in [0.2, 0.25) is 0 Å². The van der Waals surface area contributed by atoms with Crippen molar-refractivity contribution in [3.8, 4) is 0 Å². The van der Waals surface area contributed by atoms with Crippen molar-refractivity contribution in [2.24, 2.45) is 0 Å². The Balaban J connectivity index is 1.58. The van der Waals surface area contributed by atoms with Crippen LogP contribution in [-0.4, -0.2) is 0 Å². The smallest absolute Gasteiger partial charge is 0.149 e. The van der Waals surface area contributed by atoms with Crippen LogP contribution in [0.3, 0.4) is 0 Å². The van der Waals surface area contributed by atoms with E-state index in [9.17, 15) is 0 Å². The van der Waals surface area contributed by atoms with Gasteiger partial charge in [0.15, 0.2) is 0 Å². The lowest BCUT2D eigenvalue weighted by Crippen LogP contribution is -3.00. The zero-order valence-electron chi connectivity index (χ0n) is 22.3. The summed E-state index contributed by atoms with van der Waals surface area (Å²) in [6.07, 6.45) is 18.0. The van der Waals surface area contributed by atoms with Crippen LogP contribution in [0, 0.1) is 13.8 Å². The van der Waals surface area contributed by atoms with E-state index in [1.807, 2.05) is 0 Å². The molecule has 4 aromatic carbocycles. The predicted molar refractivity (Wildman–Crippen MR) is 162 cm³/mol. The standard InChI is InChI=1S/C36H34N2/c1-27-13-11-19-31(25-27)37(29-15-5-3-6-16-29)35-23-24-36(34-22-10-9-21-33(34)35)38(30-17-7-4-8-18-30)32-20-12-14-28(2)26-32/h3,5,7,9-15,17-26H,4,6,8,16H2,1-2H3/p+1. The number of aryl methyl sites for hydroxylation is 2. The molecule has 2 aliphatic rings. The van der Waals surface area contributed by atoms with Crippen molar-refractivity contribution in [2.45, 2.75) is 39.5 Å². The van der Waals surface area contributed by atoms with Gasteiger partial charge in [-0.2, -0.15) is 0 Å². The zero-order valence-corrected chi connectivity index (χ0v) is 22.3. The number of rotatable bonds is 6. The Morgan fingerprint density at radius 1 is 0.711 bits per heavy atom. The molecule has 0 saturated heterocycles. The lowest BCUT2D eigenvalue weighted by Gasteiger charge is -2.30. The van der Waals surface area contributed by atoms with Crippen LogP contribution in [0.25, 0.3) is 10.8 Å². The van der Waals surface area contributed by atoms with Crippen molar-refractivity contribution in [2.75, 3.05) is 4.90 Å². The van der Waals surface area contributed by atoms with Crippen molar-refractivity contribution in [1.29, 1.82) is 0 Å². The van der Waals surface area contributed by atoms with Crippen molar-refractivity contribution in [1.82, 2.24) is 0 Å². The SMILES string of the molecule is Cc1cccc(N(C2=CCCC=C2)c2ccc([NH+](C3=CC=CCC3)c3cccc(C)c3)c3ccccc23)c1. The number of benzene rings is 4. The second kappa shape index (κ2) is 10.7. The number of allylic oxidation sites excluding steroid dienone is 7. The first kappa shape index (κ1) is 24.2. The Hall–Kier alpha value is -4.14. The van der Waals surface area contributed by atoms with Gasteiger partial charge in [0.25, 0.3) is 0 Å². The van der Waals surface area contributed by atoms with Gasteiger partial charge in [-0.1, -0.05) is 66.8 Å². The van der Waals surface area contributed by atoms with Gasteiger partial charge in [0.05, 0.1) is 5.69 Å². The molecular weight excluding hydrogens is 460 g/mol. The average Bonchev–Trinajstić information content (AvgIpc) is 2.96. The first-order valence-electron chi connectivity index (χ1n) is 13.7. The van der Waals surface area contributed by atoms with Crippen molar-refractivity contribution in [3.63, 3.8) is 0 Å². The number of anilines is 2. The van der Waals surface area contributed by atoms with Crippen LogP contribution >= 0.6 is 0 Å². The molecule has 2 heteroatoms. The van der Waals surface area contributed by atoms with Gasteiger partial charge < -0.3 is 4.90 Å². The molecule has 0 fully saturated rings. The largest absolute Gasteiger partial charge is 0.310 e. The highest BCUT2D eigenvalue weighted by molar-refractivity contribution is 6.02. The van der Waals surface area contributed by atoms with E-state index in [0.717, 1.165) is 25.7 Å². The number of quaternary nitrogens is 1. The third kappa shape index (κ3) is 4.76. The van der Waals surface area contributed by atoms with Gasteiger partial charge in [0, 0.05) is 40.7 Å².